The molecule has 25 heavy (non-hydrogen) atoms. The number of hydrogen-bond donors (Lipinski definition) is 0. The first kappa shape index (κ1) is 14.6. The Hall–Kier alpha value is -2.69. The van der Waals surface area contributed by atoms with Crippen molar-refractivity contribution in [2.24, 2.45) is 11.8 Å². The second-order valence-electron chi connectivity index (χ2n) is 7.19. The van der Waals surface area contributed by atoms with Gasteiger partial charge in [0.15, 0.2) is 0 Å². The average Bonchev–Trinajstić information content (AvgIpc) is 3.20. The minimum Gasteiger partial charge on any atom is -0.370 e. The van der Waals surface area contributed by atoms with Crippen molar-refractivity contribution in [1.29, 1.82) is 0 Å². The van der Waals surface area contributed by atoms with Crippen LogP contribution in [-0.4, -0.2) is 41.1 Å². The molecule has 2 fully saturated rings. The van der Waals surface area contributed by atoms with Crippen LogP contribution in [0.4, 0.5) is 11.5 Å². The van der Waals surface area contributed by atoms with Gasteiger partial charge in [-0.3, -0.25) is 4.98 Å². The molecule has 5 nitrogen and oxygen atoms in total. The number of fused-ring (bicyclic) bond motifs is 2. The molecule has 3 aromatic rings. The van der Waals surface area contributed by atoms with Crippen LogP contribution in [-0.2, 0) is 0 Å². The van der Waals surface area contributed by atoms with Crippen LogP contribution in [0.5, 0.6) is 0 Å². The summed E-state index contributed by atoms with van der Waals surface area (Å²) in [6, 6.07) is 12.7. The Labute approximate surface area is 147 Å². The van der Waals surface area contributed by atoms with Crippen molar-refractivity contribution in [3.63, 3.8) is 0 Å². The van der Waals surface area contributed by atoms with Gasteiger partial charge in [0.2, 0.25) is 0 Å². The second kappa shape index (κ2) is 5.69. The van der Waals surface area contributed by atoms with Crippen molar-refractivity contribution in [1.82, 2.24) is 15.0 Å². The van der Waals surface area contributed by atoms with E-state index in [-0.39, 0.29) is 0 Å². The van der Waals surface area contributed by atoms with E-state index in [2.05, 4.69) is 61.1 Å². The summed E-state index contributed by atoms with van der Waals surface area (Å²) in [5.41, 5.74) is 3.44. The van der Waals surface area contributed by atoms with Gasteiger partial charge in [0.1, 0.15) is 12.1 Å². The molecule has 2 unspecified atom stereocenters. The van der Waals surface area contributed by atoms with E-state index in [1.54, 1.807) is 6.33 Å². The molecule has 2 atom stereocenters. The van der Waals surface area contributed by atoms with Crippen LogP contribution in [0.3, 0.4) is 0 Å². The van der Waals surface area contributed by atoms with Crippen molar-refractivity contribution in [3.05, 3.63) is 54.6 Å². The largest absolute Gasteiger partial charge is 0.370 e. The molecule has 0 aliphatic carbocycles. The van der Waals surface area contributed by atoms with Gasteiger partial charge in [-0.25, -0.2) is 9.97 Å². The molecule has 0 N–H and O–H groups in total. The summed E-state index contributed by atoms with van der Waals surface area (Å²) in [4.78, 5) is 18.1. The number of pyridine rings is 1. The van der Waals surface area contributed by atoms with Crippen molar-refractivity contribution in [3.8, 4) is 0 Å². The van der Waals surface area contributed by atoms with Crippen LogP contribution < -0.4 is 9.80 Å². The van der Waals surface area contributed by atoms with Gasteiger partial charge in [-0.1, -0.05) is 18.2 Å². The molecular weight excluding hydrogens is 310 g/mol. The van der Waals surface area contributed by atoms with E-state index in [0.29, 0.717) is 11.8 Å². The van der Waals surface area contributed by atoms with E-state index in [1.165, 1.54) is 11.1 Å². The standard InChI is InChI=1S/C20H21N5/c1-14-8-20(23-13-22-14)25-11-15-9-24(10-16(15)12-25)19-6-7-21-18-5-3-2-4-17(18)19/h2-8,13,15-16H,9-12H2,1H3. The van der Waals surface area contributed by atoms with Gasteiger partial charge in [-0.15, -0.1) is 0 Å². The van der Waals surface area contributed by atoms with E-state index < -0.39 is 0 Å². The van der Waals surface area contributed by atoms with Gasteiger partial charge in [0.05, 0.1) is 5.52 Å². The van der Waals surface area contributed by atoms with Crippen LogP contribution >= 0.6 is 0 Å². The Kier molecular flexibility index (Phi) is 3.33. The lowest BCUT2D eigenvalue weighted by atomic mass is 10.0. The zero-order valence-corrected chi connectivity index (χ0v) is 14.3. The Morgan fingerprint density at radius 3 is 2.44 bits per heavy atom. The normalized spacial score (nSPS) is 22.6. The highest BCUT2D eigenvalue weighted by atomic mass is 15.3. The molecule has 5 heteroatoms. The highest BCUT2D eigenvalue weighted by Gasteiger charge is 2.40. The minimum absolute atomic E-state index is 0.696. The van der Waals surface area contributed by atoms with Gasteiger partial charge in [0, 0.05) is 67.0 Å². The van der Waals surface area contributed by atoms with Gasteiger partial charge in [0.25, 0.3) is 0 Å². The molecule has 0 bridgehead atoms. The van der Waals surface area contributed by atoms with Gasteiger partial charge >= 0.3 is 0 Å². The molecule has 0 spiro atoms. The third-order valence-electron chi connectivity index (χ3n) is 5.57. The first-order valence-electron chi connectivity index (χ1n) is 8.90. The van der Waals surface area contributed by atoms with Gasteiger partial charge in [-0.2, -0.15) is 0 Å². The maximum atomic E-state index is 4.50. The predicted molar refractivity (Wildman–Crippen MR) is 99.9 cm³/mol. The molecule has 126 valence electrons. The predicted octanol–water partition coefficient (Wildman–Crippen LogP) is 2.91. The number of rotatable bonds is 2. The van der Waals surface area contributed by atoms with Crippen LogP contribution in [0.15, 0.2) is 48.9 Å². The first-order valence-corrected chi connectivity index (χ1v) is 8.90. The first-order chi connectivity index (χ1) is 12.3. The second-order valence-corrected chi connectivity index (χ2v) is 7.19. The van der Waals surface area contributed by atoms with Crippen molar-refractivity contribution in [2.45, 2.75) is 6.92 Å². The lowest BCUT2D eigenvalue weighted by molar-refractivity contribution is 0.533. The third-order valence-corrected chi connectivity index (χ3v) is 5.57. The molecule has 0 radical (unpaired) electrons. The average molecular weight is 331 g/mol. The Morgan fingerprint density at radius 2 is 1.64 bits per heavy atom. The highest BCUT2D eigenvalue weighted by molar-refractivity contribution is 5.91. The Balaban J connectivity index is 1.37. The van der Waals surface area contributed by atoms with Crippen LogP contribution in [0.1, 0.15) is 5.69 Å². The number of para-hydroxylation sites is 1. The highest BCUT2D eigenvalue weighted by Crippen LogP contribution is 2.37. The molecule has 5 rings (SSSR count). The molecule has 2 aliphatic heterocycles. The number of aryl methyl sites for hydroxylation is 1. The number of hydrogen-bond acceptors (Lipinski definition) is 5. The number of anilines is 2. The van der Waals surface area contributed by atoms with E-state index in [4.69, 9.17) is 0 Å². The summed E-state index contributed by atoms with van der Waals surface area (Å²) in [6.07, 6.45) is 3.61. The molecule has 1 aromatic carbocycles. The Bertz CT molecular complexity index is 905. The van der Waals surface area contributed by atoms with E-state index in [9.17, 15) is 0 Å². The lowest BCUT2D eigenvalue weighted by Crippen LogP contribution is -2.29. The van der Waals surface area contributed by atoms with E-state index >= 15 is 0 Å². The van der Waals surface area contributed by atoms with Gasteiger partial charge in [-0.05, 0) is 19.1 Å². The van der Waals surface area contributed by atoms with Crippen LogP contribution in [0, 0.1) is 18.8 Å². The summed E-state index contributed by atoms with van der Waals surface area (Å²) in [5.74, 6) is 2.47. The maximum Gasteiger partial charge on any atom is 0.132 e. The van der Waals surface area contributed by atoms with E-state index in [1.807, 2.05) is 13.1 Å². The molecule has 4 heterocycles. The smallest absolute Gasteiger partial charge is 0.132 e. The summed E-state index contributed by atoms with van der Waals surface area (Å²) < 4.78 is 0. The molecule has 2 aliphatic rings. The summed E-state index contributed by atoms with van der Waals surface area (Å²) in [6.45, 7) is 6.41. The SMILES string of the molecule is Cc1cc(N2CC3CN(c4ccnc5ccccc45)CC3C2)ncn1. The Morgan fingerprint density at radius 1 is 0.880 bits per heavy atom. The third kappa shape index (κ3) is 2.51. The molecule has 2 aromatic heterocycles. The van der Waals surface area contributed by atoms with Gasteiger partial charge < -0.3 is 9.80 Å². The summed E-state index contributed by atoms with van der Waals surface area (Å²) >= 11 is 0. The van der Waals surface area contributed by atoms with Crippen molar-refractivity contribution in [2.75, 3.05) is 36.0 Å². The number of aromatic nitrogens is 3. The fraction of sp³-hybridized carbons (Fsp3) is 0.350. The number of nitrogens with zero attached hydrogens (tertiary/aromatic N) is 5. The zero-order chi connectivity index (χ0) is 16.8. The fourth-order valence-electron chi connectivity index (χ4n) is 4.35. The van der Waals surface area contributed by atoms with Crippen LogP contribution in [0.25, 0.3) is 10.9 Å². The molecule has 0 saturated carbocycles. The van der Waals surface area contributed by atoms with Crippen LogP contribution in [0.2, 0.25) is 0 Å². The molecule has 0 amide bonds. The van der Waals surface area contributed by atoms with Crippen molar-refractivity contribution < 1.29 is 0 Å². The molecule has 2 saturated heterocycles. The maximum absolute atomic E-state index is 4.50. The fourth-order valence-corrected chi connectivity index (χ4v) is 4.35. The topological polar surface area (TPSA) is 45.2 Å². The summed E-state index contributed by atoms with van der Waals surface area (Å²) in [7, 11) is 0. The zero-order valence-electron chi connectivity index (χ0n) is 14.3. The molecular formula is C20H21N5. The number of benzene rings is 1. The van der Waals surface area contributed by atoms with E-state index in [0.717, 1.165) is 43.2 Å². The minimum atomic E-state index is 0.696. The van der Waals surface area contributed by atoms with Crippen molar-refractivity contribution >= 4 is 22.4 Å². The summed E-state index contributed by atoms with van der Waals surface area (Å²) in [5, 5.41) is 1.26. The lowest BCUT2D eigenvalue weighted by Gasteiger charge is -2.24. The monoisotopic (exact) mass is 331 g/mol. The quantitative estimate of drug-likeness (QED) is 0.722.